The Hall–Kier alpha value is -1.30. The molecule has 0 fully saturated rings. The van der Waals surface area contributed by atoms with Crippen LogP contribution in [0.25, 0.3) is 0 Å². The molecule has 5 nitrogen and oxygen atoms in total. The van der Waals surface area contributed by atoms with Crippen molar-refractivity contribution in [1.82, 2.24) is 4.90 Å². The van der Waals surface area contributed by atoms with Crippen LogP contribution in [0, 0.1) is 0 Å². The van der Waals surface area contributed by atoms with Gasteiger partial charge in [0.1, 0.15) is 10.8 Å². The van der Waals surface area contributed by atoms with Crippen LogP contribution in [-0.4, -0.2) is 36.3 Å². The molecule has 0 aromatic heterocycles. The lowest BCUT2D eigenvalue weighted by Crippen LogP contribution is -2.40. The van der Waals surface area contributed by atoms with Gasteiger partial charge in [0.25, 0.3) is 0 Å². The summed E-state index contributed by atoms with van der Waals surface area (Å²) in [6.07, 6.45) is 0.305. The maximum absolute atomic E-state index is 11.9. The summed E-state index contributed by atoms with van der Waals surface area (Å²) in [6, 6.07) is 5.78. The van der Waals surface area contributed by atoms with Crippen LogP contribution in [0.2, 0.25) is 0 Å². The highest BCUT2D eigenvalue weighted by molar-refractivity contribution is 6.22. The molecule has 2 rings (SSSR count). The zero-order valence-electron chi connectivity index (χ0n) is 13.4. The van der Waals surface area contributed by atoms with Gasteiger partial charge in [0.05, 0.1) is 7.11 Å². The molecule has 0 radical (unpaired) electrons. The van der Waals surface area contributed by atoms with Crippen molar-refractivity contribution in [3.05, 3.63) is 29.3 Å². The second-order valence-corrected chi connectivity index (χ2v) is 6.58. The van der Waals surface area contributed by atoms with Crippen molar-refractivity contribution in [3.8, 4) is 5.75 Å². The van der Waals surface area contributed by atoms with Crippen LogP contribution < -0.4 is 4.74 Å². The molecular weight excluding hydrogens is 306 g/mol. The van der Waals surface area contributed by atoms with E-state index in [0.717, 1.165) is 23.3 Å². The predicted octanol–water partition coefficient (Wildman–Crippen LogP) is 3.06. The fourth-order valence-electron chi connectivity index (χ4n) is 2.43. The highest BCUT2D eigenvalue weighted by Crippen LogP contribution is 2.33. The Morgan fingerprint density at radius 1 is 1.45 bits per heavy atom. The predicted molar refractivity (Wildman–Crippen MR) is 83.8 cm³/mol. The van der Waals surface area contributed by atoms with E-state index in [1.807, 2.05) is 18.2 Å². The molecule has 122 valence electrons. The molecule has 1 aliphatic heterocycles. The average molecular weight is 328 g/mol. The largest absolute Gasteiger partial charge is 0.497 e. The van der Waals surface area contributed by atoms with E-state index in [-0.39, 0.29) is 12.7 Å². The van der Waals surface area contributed by atoms with Crippen LogP contribution in [0.1, 0.15) is 38.1 Å². The summed E-state index contributed by atoms with van der Waals surface area (Å²) in [5, 5.41) is -0.807. The molecular formula is C16H22ClNO4. The van der Waals surface area contributed by atoms with E-state index in [1.54, 1.807) is 25.9 Å². The second-order valence-electron chi connectivity index (χ2n) is 5.67. The molecule has 22 heavy (non-hydrogen) atoms. The minimum atomic E-state index is -0.807. The molecule has 1 atom stereocenters. The highest BCUT2D eigenvalue weighted by Gasteiger charge is 2.30. The number of carbonyl (C=O) groups excluding carboxylic acids is 1. The van der Waals surface area contributed by atoms with E-state index in [2.05, 4.69) is 0 Å². The van der Waals surface area contributed by atoms with Crippen molar-refractivity contribution in [2.45, 2.75) is 38.5 Å². The standard InChI is InChI=1S/C16H22ClNO4/c1-11(19)18-8-7-12-9-13(20-4)5-6-14(12)15(18)21-10-22-16(2,3)17/h5-6,9,15H,7-8,10H2,1-4H3. The van der Waals surface area contributed by atoms with E-state index < -0.39 is 11.3 Å². The summed E-state index contributed by atoms with van der Waals surface area (Å²) in [5.74, 6) is 0.767. The Labute approximate surface area is 136 Å². The molecule has 0 saturated heterocycles. The number of amides is 1. The number of fused-ring (bicyclic) bond motifs is 1. The van der Waals surface area contributed by atoms with E-state index in [0.29, 0.717) is 6.54 Å². The van der Waals surface area contributed by atoms with E-state index >= 15 is 0 Å². The zero-order chi connectivity index (χ0) is 16.3. The average Bonchev–Trinajstić information content (AvgIpc) is 2.45. The fourth-order valence-corrected chi connectivity index (χ4v) is 2.48. The SMILES string of the molecule is COc1ccc2c(c1)CCN(C(C)=O)C2OCOC(C)(C)Cl. The molecule has 1 aliphatic rings. The summed E-state index contributed by atoms with van der Waals surface area (Å²) >= 11 is 5.99. The van der Waals surface area contributed by atoms with Gasteiger partial charge < -0.3 is 19.1 Å². The smallest absolute Gasteiger partial charge is 0.221 e. The minimum Gasteiger partial charge on any atom is -0.497 e. The Balaban J connectivity index is 2.20. The molecule has 1 aromatic carbocycles. The molecule has 0 spiro atoms. The number of nitrogens with zero attached hydrogens (tertiary/aromatic N) is 1. The van der Waals surface area contributed by atoms with Crippen molar-refractivity contribution in [2.75, 3.05) is 20.4 Å². The van der Waals surface area contributed by atoms with Crippen LogP contribution >= 0.6 is 11.6 Å². The fraction of sp³-hybridized carbons (Fsp3) is 0.562. The van der Waals surface area contributed by atoms with Crippen molar-refractivity contribution >= 4 is 17.5 Å². The molecule has 1 amide bonds. The zero-order valence-corrected chi connectivity index (χ0v) is 14.1. The van der Waals surface area contributed by atoms with Gasteiger partial charge in [0.2, 0.25) is 5.91 Å². The van der Waals surface area contributed by atoms with Gasteiger partial charge in [0, 0.05) is 19.0 Å². The molecule has 0 saturated carbocycles. The quantitative estimate of drug-likeness (QED) is 0.616. The van der Waals surface area contributed by atoms with E-state index in [1.165, 1.54) is 6.92 Å². The normalized spacial score (nSPS) is 18.0. The number of rotatable bonds is 5. The topological polar surface area (TPSA) is 48.0 Å². The van der Waals surface area contributed by atoms with Crippen LogP contribution in [0.3, 0.4) is 0 Å². The molecule has 0 bridgehead atoms. The number of benzene rings is 1. The van der Waals surface area contributed by atoms with Crippen LogP contribution in [0.5, 0.6) is 5.75 Å². The third-order valence-electron chi connectivity index (χ3n) is 3.55. The van der Waals surface area contributed by atoms with Gasteiger partial charge in [-0.1, -0.05) is 17.7 Å². The number of hydrogen-bond acceptors (Lipinski definition) is 4. The van der Waals surface area contributed by atoms with Gasteiger partial charge in [-0.25, -0.2) is 0 Å². The first kappa shape index (κ1) is 17.1. The van der Waals surface area contributed by atoms with Gasteiger partial charge >= 0.3 is 0 Å². The van der Waals surface area contributed by atoms with Crippen molar-refractivity contribution in [1.29, 1.82) is 0 Å². The Bertz CT molecular complexity index is 541. The summed E-state index contributed by atoms with van der Waals surface area (Å²) < 4.78 is 16.4. The van der Waals surface area contributed by atoms with Gasteiger partial charge in [0.15, 0.2) is 13.0 Å². The summed E-state index contributed by atoms with van der Waals surface area (Å²) in [5.41, 5.74) is 2.07. The number of hydrogen-bond donors (Lipinski definition) is 0. The first-order valence-corrected chi connectivity index (χ1v) is 7.58. The number of methoxy groups -OCH3 is 1. The van der Waals surface area contributed by atoms with Gasteiger partial charge in [-0.05, 0) is 38.0 Å². The lowest BCUT2D eigenvalue weighted by Gasteiger charge is -2.36. The van der Waals surface area contributed by atoms with Crippen molar-refractivity contribution in [3.63, 3.8) is 0 Å². The third kappa shape index (κ3) is 4.12. The summed E-state index contributed by atoms with van der Waals surface area (Å²) in [4.78, 5) is 13.6. The summed E-state index contributed by atoms with van der Waals surface area (Å²) in [7, 11) is 1.64. The van der Waals surface area contributed by atoms with Crippen LogP contribution in [-0.2, 0) is 20.7 Å². The van der Waals surface area contributed by atoms with Crippen LogP contribution in [0.15, 0.2) is 18.2 Å². The highest BCUT2D eigenvalue weighted by atomic mass is 35.5. The van der Waals surface area contributed by atoms with Gasteiger partial charge in [-0.15, -0.1) is 0 Å². The Kier molecular flexibility index (Phi) is 5.32. The van der Waals surface area contributed by atoms with E-state index in [4.69, 9.17) is 25.8 Å². The molecule has 1 heterocycles. The van der Waals surface area contributed by atoms with Crippen LogP contribution in [0.4, 0.5) is 0 Å². The maximum Gasteiger partial charge on any atom is 0.221 e. The molecule has 1 unspecified atom stereocenters. The number of ether oxygens (including phenoxy) is 3. The molecule has 0 aliphatic carbocycles. The number of halogens is 1. The van der Waals surface area contributed by atoms with Crippen molar-refractivity contribution < 1.29 is 19.0 Å². The number of carbonyl (C=O) groups is 1. The van der Waals surface area contributed by atoms with Crippen molar-refractivity contribution in [2.24, 2.45) is 0 Å². The second kappa shape index (κ2) is 6.86. The monoisotopic (exact) mass is 327 g/mol. The number of alkyl halides is 1. The third-order valence-corrected chi connectivity index (χ3v) is 3.66. The first-order valence-electron chi connectivity index (χ1n) is 7.20. The Morgan fingerprint density at radius 2 is 2.18 bits per heavy atom. The summed E-state index contributed by atoms with van der Waals surface area (Å²) in [6.45, 7) is 5.62. The maximum atomic E-state index is 11.9. The lowest BCUT2D eigenvalue weighted by molar-refractivity contribution is -0.178. The molecule has 0 N–H and O–H groups in total. The molecule has 1 aromatic rings. The Morgan fingerprint density at radius 3 is 2.77 bits per heavy atom. The van der Waals surface area contributed by atoms with Gasteiger partial charge in [-0.2, -0.15) is 0 Å². The lowest BCUT2D eigenvalue weighted by atomic mass is 9.97. The van der Waals surface area contributed by atoms with Gasteiger partial charge in [-0.3, -0.25) is 4.79 Å². The minimum absolute atomic E-state index is 0.0103. The molecule has 6 heteroatoms. The van der Waals surface area contributed by atoms with E-state index in [9.17, 15) is 4.79 Å². The first-order chi connectivity index (χ1) is 10.3.